The standard InChI is InChI=1S/C14H13Cl2N3O/c1-19(9-13-17-6-7-18-13)14(20)5-3-10-2-4-11(15)12(16)8-10/h2-8H,9H2,1H3,(H,17,18). The van der Waals surface area contributed by atoms with Gasteiger partial charge < -0.3 is 9.88 Å². The molecule has 1 heterocycles. The van der Waals surface area contributed by atoms with Crippen molar-refractivity contribution >= 4 is 35.2 Å². The largest absolute Gasteiger partial charge is 0.347 e. The van der Waals surface area contributed by atoms with Crippen molar-refractivity contribution in [2.45, 2.75) is 6.54 Å². The minimum Gasteiger partial charge on any atom is -0.347 e. The number of amides is 1. The van der Waals surface area contributed by atoms with Crippen LogP contribution >= 0.6 is 23.2 Å². The van der Waals surface area contributed by atoms with Crippen molar-refractivity contribution in [3.05, 3.63) is 58.1 Å². The third-order valence-electron chi connectivity index (χ3n) is 2.68. The first-order chi connectivity index (χ1) is 9.56. The van der Waals surface area contributed by atoms with Gasteiger partial charge in [-0.25, -0.2) is 4.98 Å². The Balaban J connectivity index is 1.99. The number of nitrogens with one attached hydrogen (secondary N) is 1. The lowest BCUT2D eigenvalue weighted by Gasteiger charge is -2.12. The van der Waals surface area contributed by atoms with Crippen molar-refractivity contribution < 1.29 is 4.79 Å². The molecular formula is C14H13Cl2N3O. The van der Waals surface area contributed by atoms with Crippen molar-refractivity contribution in [1.82, 2.24) is 14.9 Å². The molecule has 1 amide bonds. The first-order valence-corrected chi connectivity index (χ1v) is 6.68. The molecular weight excluding hydrogens is 297 g/mol. The van der Waals surface area contributed by atoms with Crippen LogP contribution in [0, 0.1) is 0 Å². The Kier molecular flexibility index (Phi) is 4.82. The van der Waals surface area contributed by atoms with Gasteiger partial charge in [-0.2, -0.15) is 0 Å². The van der Waals surface area contributed by atoms with E-state index < -0.39 is 0 Å². The molecule has 0 bridgehead atoms. The summed E-state index contributed by atoms with van der Waals surface area (Å²) in [4.78, 5) is 20.5. The Morgan fingerprint density at radius 2 is 2.20 bits per heavy atom. The number of imidazole rings is 1. The Hall–Kier alpha value is -1.78. The fourth-order valence-corrected chi connectivity index (χ4v) is 1.90. The van der Waals surface area contributed by atoms with Crippen molar-refractivity contribution in [2.75, 3.05) is 7.05 Å². The zero-order valence-electron chi connectivity index (χ0n) is 10.8. The maximum atomic E-state index is 11.9. The lowest BCUT2D eigenvalue weighted by Crippen LogP contribution is -2.24. The summed E-state index contributed by atoms with van der Waals surface area (Å²) in [5.74, 6) is 0.622. The molecule has 0 saturated carbocycles. The van der Waals surface area contributed by atoms with E-state index in [1.165, 1.54) is 6.08 Å². The van der Waals surface area contributed by atoms with Gasteiger partial charge in [-0.15, -0.1) is 0 Å². The number of aromatic amines is 1. The normalized spacial score (nSPS) is 10.9. The summed E-state index contributed by atoms with van der Waals surface area (Å²) in [6.45, 7) is 0.428. The Bertz CT molecular complexity index is 623. The summed E-state index contributed by atoms with van der Waals surface area (Å²) in [6, 6.07) is 5.20. The Morgan fingerprint density at radius 1 is 1.40 bits per heavy atom. The van der Waals surface area contributed by atoms with Crippen LogP contribution in [-0.4, -0.2) is 27.8 Å². The summed E-state index contributed by atoms with van der Waals surface area (Å²) in [6.07, 6.45) is 6.56. The van der Waals surface area contributed by atoms with Gasteiger partial charge in [0.15, 0.2) is 0 Å². The molecule has 0 saturated heterocycles. The fourth-order valence-electron chi connectivity index (χ4n) is 1.60. The van der Waals surface area contributed by atoms with Crippen LogP contribution in [0.4, 0.5) is 0 Å². The van der Waals surface area contributed by atoms with Crippen LogP contribution < -0.4 is 0 Å². The topological polar surface area (TPSA) is 49.0 Å². The van der Waals surface area contributed by atoms with Gasteiger partial charge in [-0.05, 0) is 23.8 Å². The molecule has 1 N–H and O–H groups in total. The van der Waals surface area contributed by atoms with Gasteiger partial charge in [-0.1, -0.05) is 29.3 Å². The van der Waals surface area contributed by atoms with E-state index in [1.807, 2.05) is 0 Å². The predicted molar refractivity (Wildman–Crippen MR) is 80.6 cm³/mol. The molecule has 0 radical (unpaired) electrons. The number of nitrogens with zero attached hydrogens (tertiary/aromatic N) is 2. The second-order valence-corrected chi connectivity index (χ2v) is 5.05. The molecule has 0 atom stereocenters. The number of halogens is 2. The molecule has 2 aromatic rings. The highest BCUT2D eigenvalue weighted by Gasteiger charge is 2.07. The smallest absolute Gasteiger partial charge is 0.246 e. The Morgan fingerprint density at radius 3 is 2.85 bits per heavy atom. The van der Waals surface area contributed by atoms with E-state index in [1.54, 1.807) is 48.6 Å². The quantitative estimate of drug-likeness (QED) is 0.880. The summed E-state index contributed by atoms with van der Waals surface area (Å²) < 4.78 is 0. The van der Waals surface area contributed by atoms with E-state index >= 15 is 0 Å². The average Bonchev–Trinajstić information content (AvgIpc) is 2.92. The zero-order valence-corrected chi connectivity index (χ0v) is 12.3. The molecule has 0 aliphatic rings. The highest BCUT2D eigenvalue weighted by molar-refractivity contribution is 6.42. The minimum atomic E-state index is -0.118. The van der Waals surface area contributed by atoms with Crippen LogP contribution in [0.25, 0.3) is 6.08 Å². The monoisotopic (exact) mass is 309 g/mol. The van der Waals surface area contributed by atoms with E-state index in [-0.39, 0.29) is 5.91 Å². The highest BCUT2D eigenvalue weighted by Crippen LogP contribution is 2.23. The predicted octanol–water partition coefficient (Wildman–Crippen LogP) is 3.39. The molecule has 0 unspecified atom stereocenters. The van der Waals surface area contributed by atoms with E-state index in [9.17, 15) is 4.79 Å². The maximum absolute atomic E-state index is 11.9. The van der Waals surface area contributed by atoms with E-state index in [2.05, 4.69) is 9.97 Å². The van der Waals surface area contributed by atoms with E-state index in [0.717, 1.165) is 11.4 Å². The lowest BCUT2D eigenvalue weighted by molar-refractivity contribution is -0.125. The summed E-state index contributed by atoms with van der Waals surface area (Å²) in [7, 11) is 1.71. The number of rotatable bonds is 4. The molecule has 0 fully saturated rings. The number of carbonyl (C=O) groups excluding carboxylic acids is 1. The van der Waals surface area contributed by atoms with Crippen LogP contribution in [-0.2, 0) is 11.3 Å². The lowest BCUT2D eigenvalue weighted by atomic mass is 10.2. The summed E-state index contributed by atoms with van der Waals surface area (Å²) in [5.41, 5.74) is 0.819. The highest BCUT2D eigenvalue weighted by atomic mass is 35.5. The van der Waals surface area contributed by atoms with Gasteiger partial charge in [0.05, 0.1) is 16.6 Å². The van der Waals surface area contributed by atoms with Gasteiger partial charge in [0.2, 0.25) is 5.91 Å². The molecule has 0 aliphatic heterocycles. The van der Waals surface area contributed by atoms with Crippen molar-refractivity contribution in [2.24, 2.45) is 0 Å². The van der Waals surface area contributed by atoms with Crippen LogP contribution in [0.2, 0.25) is 10.0 Å². The van der Waals surface area contributed by atoms with Crippen molar-refractivity contribution in [1.29, 1.82) is 0 Å². The zero-order chi connectivity index (χ0) is 14.5. The number of carbonyl (C=O) groups is 1. The second kappa shape index (κ2) is 6.59. The SMILES string of the molecule is CN(Cc1ncc[nH]1)C(=O)C=Cc1ccc(Cl)c(Cl)c1. The minimum absolute atomic E-state index is 0.118. The third-order valence-corrected chi connectivity index (χ3v) is 3.42. The molecule has 4 nitrogen and oxygen atoms in total. The molecule has 20 heavy (non-hydrogen) atoms. The molecule has 1 aromatic carbocycles. The first kappa shape index (κ1) is 14.6. The van der Waals surface area contributed by atoms with E-state index in [4.69, 9.17) is 23.2 Å². The molecule has 0 spiro atoms. The van der Waals surface area contributed by atoms with Crippen LogP contribution in [0.1, 0.15) is 11.4 Å². The number of aromatic nitrogens is 2. The number of likely N-dealkylation sites (N-methyl/N-ethyl adjacent to an activating group) is 1. The number of benzene rings is 1. The molecule has 0 aliphatic carbocycles. The number of H-pyrrole nitrogens is 1. The summed E-state index contributed by atoms with van der Waals surface area (Å²) >= 11 is 11.7. The molecule has 6 heteroatoms. The maximum Gasteiger partial charge on any atom is 0.246 e. The van der Waals surface area contributed by atoms with Crippen LogP contribution in [0.3, 0.4) is 0 Å². The molecule has 1 aromatic heterocycles. The van der Waals surface area contributed by atoms with Gasteiger partial charge >= 0.3 is 0 Å². The molecule has 104 valence electrons. The van der Waals surface area contributed by atoms with Crippen LogP contribution in [0.15, 0.2) is 36.7 Å². The van der Waals surface area contributed by atoms with Gasteiger partial charge in [0.25, 0.3) is 0 Å². The molecule has 2 rings (SSSR count). The van der Waals surface area contributed by atoms with Gasteiger partial charge in [-0.3, -0.25) is 4.79 Å². The number of hydrogen-bond acceptors (Lipinski definition) is 2. The fraction of sp³-hybridized carbons (Fsp3) is 0.143. The van der Waals surface area contributed by atoms with Crippen molar-refractivity contribution in [3.8, 4) is 0 Å². The van der Waals surface area contributed by atoms with Gasteiger partial charge in [0, 0.05) is 25.5 Å². The van der Waals surface area contributed by atoms with Gasteiger partial charge in [0.1, 0.15) is 5.82 Å². The number of hydrogen-bond donors (Lipinski definition) is 1. The van der Waals surface area contributed by atoms with Crippen LogP contribution in [0.5, 0.6) is 0 Å². The first-order valence-electron chi connectivity index (χ1n) is 5.93. The summed E-state index contributed by atoms with van der Waals surface area (Å²) in [5, 5.41) is 0.954. The Labute approximate surface area is 127 Å². The second-order valence-electron chi connectivity index (χ2n) is 4.24. The average molecular weight is 310 g/mol. The van der Waals surface area contributed by atoms with Crippen molar-refractivity contribution in [3.63, 3.8) is 0 Å². The third kappa shape index (κ3) is 3.85. The van der Waals surface area contributed by atoms with E-state index in [0.29, 0.717) is 16.6 Å².